The summed E-state index contributed by atoms with van der Waals surface area (Å²) in [4.78, 5) is 43.7. The third-order valence-electron chi connectivity index (χ3n) is 5.64. The lowest BCUT2D eigenvalue weighted by molar-refractivity contribution is -0.154. The molecule has 1 aliphatic heterocycles. The van der Waals surface area contributed by atoms with Crippen LogP contribution in [-0.2, 0) is 27.3 Å². The van der Waals surface area contributed by atoms with Crippen molar-refractivity contribution >= 4 is 28.5 Å². The number of para-hydroxylation sites is 2. The average Bonchev–Trinajstić information content (AvgIpc) is 3.19. The molecule has 2 aromatic carbocycles. The topological polar surface area (TPSA) is 81.5 Å². The molecule has 1 aliphatic rings. The number of esters is 1. The number of amides is 1. The quantitative estimate of drug-likeness (QED) is 0.574. The molecule has 31 heavy (non-hydrogen) atoms. The van der Waals surface area contributed by atoms with Gasteiger partial charge in [-0.15, -0.1) is 0 Å². The highest BCUT2D eigenvalue weighted by atomic mass is 16.5. The molecule has 0 spiro atoms. The molecule has 7 nitrogen and oxygen atoms in total. The Hall–Kier alpha value is -3.48. The van der Waals surface area contributed by atoms with Crippen LogP contribution in [0.25, 0.3) is 10.9 Å². The van der Waals surface area contributed by atoms with E-state index >= 15 is 0 Å². The van der Waals surface area contributed by atoms with Gasteiger partial charge in [-0.05, 0) is 49.9 Å². The van der Waals surface area contributed by atoms with Crippen LogP contribution in [0.5, 0.6) is 0 Å². The molecule has 1 amide bonds. The van der Waals surface area contributed by atoms with Crippen molar-refractivity contribution in [2.45, 2.75) is 45.8 Å². The van der Waals surface area contributed by atoms with Crippen LogP contribution in [0.15, 0.2) is 53.6 Å². The van der Waals surface area contributed by atoms with Crippen LogP contribution in [-0.4, -0.2) is 34.1 Å². The maximum absolute atomic E-state index is 12.7. The van der Waals surface area contributed by atoms with Gasteiger partial charge in [0.1, 0.15) is 0 Å². The van der Waals surface area contributed by atoms with Crippen molar-refractivity contribution in [1.29, 1.82) is 0 Å². The van der Waals surface area contributed by atoms with E-state index in [4.69, 9.17) is 4.74 Å². The zero-order valence-electron chi connectivity index (χ0n) is 17.7. The molecule has 160 valence electrons. The Morgan fingerprint density at radius 2 is 1.97 bits per heavy atom. The summed E-state index contributed by atoms with van der Waals surface area (Å²) in [5, 5.41) is 0.565. The van der Waals surface area contributed by atoms with Crippen LogP contribution < -0.4 is 10.5 Å². The molecular formula is C24H25N3O4. The first-order valence-corrected chi connectivity index (χ1v) is 10.5. The third kappa shape index (κ3) is 4.21. The molecule has 4 rings (SSSR count). The Morgan fingerprint density at radius 3 is 2.81 bits per heavy atom. The van der Waals surface area contributed by atoms with E-state index < -0.39 is 12.1 Å². The number of carbonyl (C=O) groups is 2. The van der Waals surface area contributed by atoms with Crippen molar-refractivity contribution in [3.05, 3.63) is 70.3 Å². The highest BCUT2D eigenvalue weighted by Gasteiger charge is 2.29. The normalized spacial score (nSPS) is 13.8. The van der Waals surface area contributed by atoms with Gasteiger partial charge >= 0.3 is 5.97 Å². The van der Waals surface area contributed by atoms with E-state index in [9.17, 15) is 14.4 Å². The molecule has 3 aromatic rings. The SMILES string of the molecule is Cc1cccc2c(=O)n(CCCC(=O)OC(C)C(=O)N3CCc4ccccc43)cnc12. The Balaban J connectivity index is 1.32. The first-order chi connectivity index (χ1) is 15.0. The number of aryl methyl sites for hydroxylation is 2. The van der Waals surface area contributed by atoms with E-state index in [0.717, 1.165) is 23.2 Å². The average molecular weight is 419 g/mol. The number of ether oxygens (including phenoxy) is 1. The van der Waals surface area contributed by atoms with Gasteiger partial charge in [0.05, 0.1) is 17.2 Å². The second-order valence-corrected chi connectivity index (χ2v) is 7.82. The summed E-state index contributed by atoms with van der Waals surface area (Å²) in [6, 6.07) is 13.3. The van der Waals surface area contributed by atoms with Crippen molar-refractivity contribution in [3.8, 4) is 0 Å². The van der Waals surface area contributed by atoms with E-state index in [2.05, 4.69) is 4.98 Å². The summed E-state index contributed by atoms with van der Waals surface area (Å²) in [5.74, 6) is -0.672. The van der Waals surface area contributed by atoms with Gasteiger partial charge in [0, 0.05) is 25.2 Å². The van der Waals surface area contributed by atoms with Crippen LogP contribution >= 0.6 is 0 Å². The number of hydrogen-bond donors (Lipinski definition) is 0. The molecule has 0 N–H and O–H groups in total. The zero-order valence-corrected chi connectivity index (χ0v) is 17.7. The van der Waals surface area contributed by atoms with Gasteiger partial charge in [-0.3, -0.25) is 19.0 Å². The molecule has 0 bridgehead atoms. The fourth-order valence-electron chi connectivity index (χ4n) is 3.98. The minimum atomic E-state index is -0.855. The summed E-state index contributed by atoms with van der Waals surface area (Å²) in [7, 11) is 0. The lowest BCUT2D eigenvalue weighted by Gasteiger charge is -2.21. The molecule has 0 aliphatic carbocycles. The van der Waals surface area contributed by atoms with E-state index in [1.807, 2.05) is 43.3 Å². The maximum atomic E-state index is 12.7. The molecule has 7 heteroatoms. The van der Waals surface area contributed by atoms with Crippen LogP contribution in [0.2, 0.25) is 0 Å². The van der Waals surface area contributed by atoms with Crippen LogP contribution in [0.1, 0.15) is 30.9 Å². The number of rotatable bonds is 6. The molecule has 1 atom stereocenters. The summed E-state index contributed by atoms with van der Waals surface area (Å²) in [6.45, 7) is 4.46. The third-order valence-corrected chi connectivity index (χ3v) is 5.64. The van der Waals surface area contributed by atoms with Crippen molar-refractivity contribution in [3.63, 3.8) is 0 Å². The molecule has 0 radical (unpaired) electrons. The Labute approximate surface area is 180 Å². The predicted molar refractivity (Wildman–Crippen MR) is 118 cm³/mol. The number of carbonyl (C=O) groups excluding carboxylic acids is 2. The summed E-state index contributed by atoms with van der Waals surface area (Å²) >= 11 is 0. The van der Waals surface area contributed by atoms with E-state index in [1.54, 1.807) is 17.9 Å². The molecule has 1 unspecified atom stereocenters. The minimum absolute atomic E-state index is 0.118. The molecule has 0 saturated heterocycles. The minimum Gasteiger partial charge on any atom is -0.453 e. The molecule has 2 heterocycles. The molecule has 0 saturated carbocycles. The number of hydrogen-bond acceptors (Lipinski definition) is 5. The fourth-order valence-corrected chi connectivity index (χ4v) is 3.98. The first kappa shape index (κ1) is 20.8. The van der Waals surface area contributed by atoms with Crippen molar-refractivity contribution in [1.82, 2.24) is 9.55 Å². The zero-order chi connectivity index (χ0) is 22.0. The number of fused-ring (bicyclic) bond motifs is 2. The maximum Gasteiger partial charge on any atom is 0.306 e. The van der Waals surface area contributed by atoms with Crippen LogP contribution in [0.3, 0.4) is 0 Å². The van der Waals surface area contributed by atoms with Crippen LogP contribution in [0.4, 0.5) is 5.69 Å². The van der Waals surface area contributed by atoms with E-state index in [1.165, 1.54) is 10.9 Å². The van der Waals surface area contributed by atoms with Gasteiger partial charge in [-0.1, -0.05) is 30.3 Å². The first-order valence-electron chi connectivity index (χ1n) is 10.5. The van der Waals surface area contributed by atoms with Crippen molar-refractivity contribution in [2.24, 2.45) is 0 Å². The smallest absolute Gasteiger partial charge is 0.306 e. The van der Waals surface area contributed by atoms with Gasteiger partial charge in [0.2, 0.25) is 0 Å². The predicted octanol–water partition coefficient (Wildman–Crippen LogP) is 3.01. The molecule has 1 aromatic heterocycles. The van der Waals surface area contributed by atoms with Gasteiger partial charge in [0.25, 0.3) is 11.5 Å². The fraction of sp³-hybridized carbons (Fsp3) is 0.333. The highest BCUT2D eigenvalue weighted by Crippen LogP contribution is 2.28. The Morgan fingerprint density at radius 1 is 1.16 bits per heavy atom. The lowest BCUT2D eigenvalue weighted by Crippen LogP contribution is -2.39. The van der Waals surface area contributed by atoms with E-state index in [0.29, 0.717) is 30.4 Å². The number of anilines is 1. The Kier molecular flexibility index (Phi) is 5.84. The van der Waals surface area contributed by atoms with Crippen LogP contribution in [0, 0.1) is 6.92 Å². The van der Waals surface area contributed by atoms with Gasteiger partial charge in [-0.2, -0.15) is 0 Å². The summed E-state index contributed by atoms with van der Waals surface area (Å²) < 4.78 is 6.87. The number of nitrogens with zero attached hydrogens (tertiary/aromatic N) is 3. The van der Waals surface area contributed by atoms with Gasteiger partial charge < -0.3 is 9.64 Å². The lowest BCUT2D eigenvalue weighted by atomic mass is 10.1. The highest BCUT2D eigenvalue weighted by molar-refractivity contribution is 5.99. The standard InChI is InChI=1S/C24H25N3O4/c1-16-7-5-9-19-22(16)25-15-26(24(19)30)13-6-11-21(28)31-17(2)23(29)27-14-12-18-8-3-4-10-20(18)27/h3-5,7-10,15,17H,6,11-14H2,1-2H3. The Bertz CT molecular complexity index is 1200. The largest absolute Gasteiger partial charge is 0.453 e. The van der Waals surface area contributed by atoms with Crippen molar-refractivity contribution in [2.75, 3.05) is 11.4 Å². The summed E-state index contributed by atoms with van der Waals surface area (Å²) in [6.07, 6.45) is 2.00. The second-order valence-electron chi connectivity index (χ2n) is 7.82. The summed E-state index contributed by atoms with van der Waals surface area (Å²) in [5.41, 5.74) is 3.52. The van der Waals surface area contributed by atoms with Gasteiger partial charge in [-0.25, -0.2) is 4.98 Å². The second kappa shape index (κ2) is 8.71. The van der Waals surface area contributed by atoms with Crippen molar-refractivity contribution < 1.29 is 14.3 Å². The molecule has 0 fully saturated rings. The molecular weight excluding hydrogens is 394 g/mol. The monoisotopic (exact) mass is 419 g/mol. The van der Waals surface area contributed by atoms with Gasteiger partial charge in [0.15, 0.2) is 6.10 Å². The number of benzene rings is 2. The van der Waals surface area contributed by atoms with E-state index in [-0.39, 0.29) is 17.9 Å². The number of aromatic nitrogens is 2.